The fourth-order valence-electron chi connectivity index (χ4n) is 2.74. The minimum absolute atomic E-state index is 0.0318. The number of carbonyl (C=O) groups is 2. The van der Waals surface area contributed by atoms with Gasteiger partial charge in [-0.25, -0.2) is 9.67 Å². The molecule has 7 nitrogen and oxygen atoms in total. The van der Waals surface area contributed by atoms with Gasteiger partial charge in [0, 0.05) is 13.1 Å². The van der Waals surface area contributed by atoms with Crippen LogP contribution in [-0.4, -0.2) is 49.7 Å². The third kappa shape index (κ3) is 3.06. The Balaban J connectivity index is 2.07. The molecule has 21 heavy (non-hydrogen) atoms. The van der Waals surface area contributed by atoms with Crippen molar-refractivity contribution < 1.29 is 14.7 Å². The minimum atomic E-state index is -0.824. The maximum Gasteiger partial charge on any atom is 0.309 e. The molecule has 0 spiro atoms. The molecule has 1 amide bonds. The molecule has 2 heterocycles. The van der Waals surface area contributed by atoms with Gasteiger partial charge in [0.25, 0.3) is 0 Å². The van der Waals surface area contributed by atoms with Crippen LogP contribution in [-0.2, 0) is 9.59 Å². The molecule has 1 saturated heterocycles. The zero-order valence-corrected chi connectivity index (χ0v) is 12.7. The second kappa shape index (κ2) is 5.83. The van der Waals surface area contributed by atoms with E-state index in [0.29, 0.717) is 13.1 Å². The van der Waals surface area contributed by atoms with Crippen molar-refractivity contribution in [3.05, 3.63) is 12.7 Å². The Morgan fingerprint density at radius 1 is 1.43 bits per heavy atom. The van der Waals surface area contributed by atoms with E-state index in [1.54, 1.807) is 25.7 Å². The van der Waals surface area contributed by atoms with Crippen LogP contribution < -0.4 is 0 Å². The normalized spacial score (nSPS) is 21.1. The number of hydrogen-bond acceptors (Lipinski definition) is 4. The number of rotatable bonds is 4. The lowest BCUT2D eigenvalue weighted by Crippen LogP contribution is -2.48. The molecular weight excluding hydrogens is 272 g/mol. The molecule has 0 bridgehead atoms. The van der Waals surface area contributed by atoms with Gasteiger partial charge in [-0.2, -0.15) is 5.10 Å². The highest BCUT2D eigenvalue weighted by molar-refractivity contribution is 5.80. The topological polar surface area (TPSA) is 88.3 Å². The molecule has 1 aromatic rings. The third-order valence-corrected chi connectivity index (χ3v) is 4.50. The number of piperidine rings is 1. The SMILES string of the molecule is CC(C(=O)N1CCCC(C(C)(C)C(=O)O)C1)n1cncn1. The summed E-state index contributed by atoms with van der Waals surface area (Å²) in [6.45, 7) is 6.40. The summed E-state index contributed by atoms with van der Waals surface area (Å²) in [5, 5.41) is 13.3. The smallest absolute Gasteiger partial charge is 0.309 e. The van der Waals surface area contributed by atoms with Crippen LogP contribution in [0.25, 0.3) is 0 Å². The molecular formula is C14H22N4O3. The second-order valence-corrected chi connectivity index (χ2v) is 6.20. The summed E-state index contributed by atoms with van der Waals surface area (Å²) in [5.41, 5.74) is -0.824. The standard InChI is InChI=1S/C14H22N4O3/c1-10(18-9-15-8-16-18)12(19)17-6-4-5-11(7-17)14(2,3)13(20)21/h8-11H,4-7H2,1-3H3,(H,20,21). The molecule has 1 aliphatic heterocycles. The minimum Gasteiger partial charge on any atom is -0.481 e. The Morgan fingerprint density at radius 2 is 2.14 bits per heavy atom. The van der Waals surface area contributed by atoms with Crippen LogP contribution in [0.5, 0.6) is 0 Å². The summed E-state index contributed by atoms with van der Waals surface area (Å²) < 4.78 is 1.52. The van der Waals surface area contributed by atoms with Gasteiger partial charge >= 0.3 is 5.97 Å². The molecule has 0 saturated carbocycles. The predicted octanol–water partition coefficient (Wildman–Crippen LogP) is 1.19. The second-order valence-electron chi connectivity index (χ2n) is 6.20. The molecule has 2 unspecified atom stereocenters. The summed E-state index contributed by atoms with van der Waals surface area (Å²) >= 11 is 0. The molecule has 116 valence electrons. The number of carbonyl (C=O) groups excluding carboxylic acids is 1. The number of amides is 1. The van der Waals surface area contributed by atoms with Crippen molar-refractivity contribution in [2.75, 3.05) is 13.1 Å². The van der Waals surface area contributed by atoms with E-state index in [9.17, 15) is 14.7 Å². The van der Waals surface area contributed by atoms with Gasteiger partial charge in [0.15, 0.2) is 0 Å². The van der Waals surface area contributed by atoms with Crippen molar-refractivity contribution in [2.24, 2.45) is 11.3 Å². The molecule has 2 atom stereocenters. The number of hydrogen-bond donors (Lipinski definition) is 1. The molecule has 1 N–H and O–H groups in total. The fraction of sp³-hybridized carbons (Fsp3) is 0.714. The Bertz CT molecular complexity index is 512. The lowest BCUT2D eigenvalue weighted by atomic mass is 9.74. The third-order valence-electron chi connectivity index (χ3n) is 4.50. The first-order chi connectivity index (χ1) is 9.84. The Labute approximate surface area is 124 Å². The zero-order chi connectivity index (χ0) is 15.6. The molecule has 0 aliphatic carbocycles. The van der Waals surface area contributed by atoms with E-state index >= 15 is 0 Å². The molecule has 1 aromatic heterocycles. The highest BCUT2D eigenvalue weighted by Gasteiger charge is 2.40. The van der Waals surface area contributed by atoms with Gasteiger partial charge < -0.3 is 10.0 Å². The van der Waals surface area contributed by atoms with Gasteiger partial charge in [-0.05, 0) is 39.5 Å². The van der Waals surface area contributed by atoms with Crippen LogP contribution in [0.4, 0.5) is 0 Å². The van der Waals surface area contributed by atoms with Crippen LogP contribution in [0.3, 0.4) is 0 Å². The number of carboxylic acids is 1. The maximum atomic E-state index is 12.5. The van der Waals surface area contributed by atoms with Crippen LogP contribution in [0, 0.1) is 11.3 Å². The van der Waals surface area contributed by atoms with Gasteiger partial charge in [-0.3, -0.25) is 9.59 Å². The fourth-order valence-corrected chi connectivity index (χ4v) is 2.74. The summed E-state index contributed by atoms with van der Waals surface area (Å²) in [4.78, 5) is 29.5. The van der Waals surface area contributed by atoms with Gasteiger partial charge in [-0.1, -0.05) is 0 Å². The molecule has 0 radical (unpaired) electrons. The van der Waals surface area contributed by atoms with E-state index in [1.165, 1.54) is 17.3 Å². The quantitative estimate of drug-likeness (QED) is 0.901. The van der Waals surface area contributed by atoms with Crippen molar-refractivity contribution >= 4 is 11.9 Å². The number of aromatic nitrogens is 3. The van der Waals surface area contributed by atoms with Crippen molar-refractivity contribution in [3.8, 4) is 0 Å². The van der Waals surface area contributed by atoms with Crippen molar-refractivity contribution in [1.29, 1.82) is 0 Å². The molecule has 7 heteroatoms. The Hall–Kier alpha value is -1.92. The maximum absolute atomic E-state index is 12.5. The number of aliphatic carboxylic acids is 1. The van der Waals surface area contributed by atoms with Crippen LogP contribution in [0.1, 0.15) is 39.7 Å². The summed E-state index contributed by atoms with van der Waals surface area (Å²) in [5.74, 6) is -0.881. The monoisotopic (exact) mass is 294 g/mol. The highest BCUT2D eigenvalue weighted by atomic mass is 16.4. The summed E-state index contributed by atoms with van der Waals surface area (Å²) in [7, 11) is 0. The average Bonchev–Trinajstić information content (AvgIpc) is 2.99. The van der Waals surface area contributed by atoms with E-state index in [-0.39, 0.29) is 11.8 Å². The molecule has 2 rings (SSSR count). The van der Waals surface area contributed by atoms with Gasteiger partial charge in [0.05, 0.1) is 5.41 Å². The van der Waals surface area contributed by atoms with E-state index in [1.807, 2.05) is 0 Å². The summed E-state index contributed by atoms with van der Waals surface area (Å²) in [6, 6.07) is -0.417. The number of carboxylic acid groups (broad SMARTS) is 1. The van der Waals surface area contributed by atoms with Crippen molar-refractivity contribution in [3.63, 3.8) is 0 Å². The van der Waals surface area contributed by atoms with E-state index in [2.05, 4.69) is 10.1 Å². The molecule has 1 fully saturated rings. The average molecular weight is 294 g/mol. The van der Waals surface area contributed by atoms with E-state index < -0.39 is 17.4 Å². The van der Waals surface area contributed by atoms with Gasteiger partial charge in [-0.15, -0.1) is 0 Å². The van der Waals surface area contributed by atoms with Crippen molar-refractivity contribution in [2.45, 2.75) is 39.7 Å². The number of likely N-dealkylation sites (tertiary alicyclic amines) is 1. The summed E-state index contributed by atoms with van der Waals surface area (Å²) in [6.07, 6.45) is 4.58. The lowest BCUT2D eigenvalue weighted by Gasteiger charge is -2.40. The molecule has 0 aromatic carbocycles. The van der Waals surface area contributed by atoms with E-state index in [0.717, 1.165) is 12.8 Å². The van der Waals surface area contributed by atoms with Crippen LogP contribution in [0.2, 0.25) is 0 Å². The first kappa shape index (κ1) is 15.5. The van der Waals surface area contributed by atoms with Crippen molar-refractivity contribution in [1.82, 2.24) is 19.7 Å². The van der Waals surface area contributed by atoms with E-state index in [4.69, 9.17) is 0 Å². The van der Waals surface area contributed by atoms with Gasteiger partial charge in [0.1, 0.15) is 18.7 Å². The highest BCUT2D eigenvalue weighted by Crippen LogP contribution is 2.34. The predicted molar refractivity (Wildman–Crippen MR) is 75.5 cm³/mol. The largest absolute Gasteiger partial charge is 0.481 e. The lowest BCUT2D eigenvalue weighted by molar-refractivity contribution is -0.153. The first-order valence-electron chi connectivity index (χ1n) is 7.20. The van der Waals surface area contributed by atoms with Crippen LogP contribution in [0.15, 0.2) is 12.7 Å². The first-order valence-corrected chi connectivity index (χ1v) is 7.20. The Kier molecular flexibility index (Phi) is 4.29. The number of nitrogens with zero attached hydrogens (tertiary/aromatic N) is 4. The Morgan fingerprint density at radius 3 is 2.71 bits per heavy atom. The van der Waals surface area contributed by atoms with Gasteiger partial charge in [0.2, 0.25) is 5.91 Å². The van der Waals surface area contributed by atoms with Crippen LogP contribution >= 0.6 is 0 Å². The molecule has 1 aliphatic rings. The zero-order valence-electron chi connectivity index (χ0n) is 12.7.